The molecule has 0 radical (unpaired) electrons. The predicted molar refractivity (Wildman–Crippen MR) is 83.4 cm³/mol. The van der Waals surface area contributed by atoms with E-state index in [1.807, 2.05) is 49.2 Å². The molecule has 20 heavy (non-hydrogen) atoms. The number of anilines is 2. The Balaban J connectivity index is 2.19. The van der Waals surface area contributed by atoms with Gasteiger partial charge in [-0.25, -0.2) is 0 Å². The molecule has 0 saturated carbocycles. The summed E-state index contributed by atoms with van der Waals surface area (Å²) in [5, 5.41) is 0.750. The van der Waals surface area contributed by atoms with Crippen LogP contribution in [0.2, 0.25) is 5.02 Å². The maximum absolute atomic E-state index is 6.17. The van der Waals surface area contributed by atoms with E-state index >= 15 is 0 Å². The van der Waals surface area contributed by atoms with E-state index in [-0.39, 0.29) is 0 Å². The second-order valence-corrected chi connectivity index (χ2v) is 4.85. The lowest BCUT2D eigenvalue weighted by molar-refractivity contribution is 0.329. The summed E-state index contributed by atoms with van der Waals surface area (Å²) in [6.45, 7) is 3.11. The topological polar surface area (TPSA) is 51.4 Å². The van der Waals surface area contributed by atoms with Crippen molar-refractivity contribution in [2.24, 2.45) is 0 Å². The third-order valence-corrected chi connectivity index (χ3v) is 3.28. The Morgan fingerprint density at radius 3 is 2.70 bits per heavy atom. The van der Waals surface area contributed by atoms with Crippen molar-refractivity contribution in [1.82, 2.24) is 4.98 Å². The van der Waals surface area contributed by atoms with E-state index in [0.29, 0.717) is 24.7 Å². The van der Waals surface area contributed by atoms with Crippen LogP contribution < -0.4 is 15.4 Å². The number of rotatable bonds is 5. The van der Waals surface area contributed by atoms with Gasteiger partial charge in [0.25, 0.3) is 0 Å². The molecule has 4 nitrogen and oxygen atoms in total. The highest BCUT2D eigenvalue weighted by Gasteiger charge is 2.09. The SMILES string of the molecule is CCOc1nc(N(C)Cc2ccccc2Cl)ccc1N. The third-order valence-electron chi connectivity index (χ3n) is 2.91. The molecule has 2 aromatic rings. The minimum atomic E-state index is 0.469. The molecule has 1 heterocycles. The fourth-order valence-corrected chi connectivity index (χ4v) is 2.07. The van der Waals surface area contributed by atoms with Crippen molar-refractivity contribution in [3.63, 3.8) is 0 Å². The molecule has 0 fully saturated rings. The maximum Gasteiger partial charge on any atom is 0.239 e. The number of nitrogens with zero attached hydrogens (tertiary/aromatic N) is 2. The minimum Gasteiger partial charge on any atom is -0.476 e. The van der Waals surface area contributed by atoms with Crippen LogP contribution in [0.5, 0.6) is 5.88 Å². The Labute approximate surface area is 124 Å². The van der Waals surface area contributed by atoms with Crippen LogP contribution in [-0.2, 0) is 6.54 Å². The van der Waals surface area contributed by atoms with Crippen LogP contribution in [0.4, 0.5) is 11.5 Å². The highest BCUT2D eigenvalue weighted by atomic mass is 35.5. The second-order valence-electron chi connectivity index (χ2n) is 4.44. The number of halogens is 1. The summed E-state index contributed by atoms with van der Waals surface area (Å²) >= 11 is 6.17. The maximum atomic E-state index is 6.17. The molecule has 2 rings (SSSR count). The monoisotopic (exact) mass is 291 g/mol. The van der Waals surface area contributed by atoms with Crippen molar-refractivity contribution in [3.8, 4) is 5.88 Å². The standard InChI is InChI=1S/C15H18ClN3O/c1-3-20-15-13(17)8-9-14(18-15)19(2)10-11-6-4-5-7-12(11)16/h4-9H,3,10,17H2,1-2H3. The van der Waals surface area contributed by atoms with Gasteiger partial charge in [-0.15, -0.1) is 0 Å². The van der Waals surface area contributed by atoms with E-state index in [0.717, 1.165) is 16.4 Å². The van der Waals surface area contributed by atoms with Gasteiger partial charge < -0.3 is 15.4 Å². The van der Waals surface area contributed by atoms with Gasteiger partial charge in [-0.1, -0.05) is 29.8 Å². The average molecular weight is 292 g/mol. The fraction of sp³-hybridized carbons (Fsp3) is 0.267. The Bertz CT molecular complexity index is 589. The van der Waals surface area contributed by atoms with E-state index in [9.17, 15) is 0 Å². The number of hydrogen-bond acceptors (Lipinski definition) is 4. The highest BCUT2D eigenvalue weighted by molar-refractivity contribution is 6.31. The highest BCUT2D eigenvalue weighted by Crippen LogP contribution is 2.24. The molecule has 0 spiro atoms. The molecule has 1 aromatic carbocycles. The smallest absolute Gasteiger partial charge is 0.239 e. The summed E-state index contributed by atoms with van der Waals surface area (Å²) in [6, 6.07) is 11.4. The molecule has 0 aliphatic carbocycles. The Kier molecular flexibility index (Phi) is 4.69. The number of aromatic nitrogens is 1. The summed E-state index contributed by atoms with van der Waals surface area (Å²) in [5.74, 6) is 1.26. The summed E-state index contributed by atoms with van der Waals surface area (Å²) in [5.41, 5.74) is 7.42. The van der Waals surface area contributed by atoms with Crippen LogP contribution in [0.3, 0.4) is 0 Å². The molecule has 0 unspecified atom stereocenters. The van der Waals surface area contributed by atoms with Crippen molar-refractivity contribution < 1.29 is 4.74 Å². The van der Waals surface area contributed by atoms with Crippen LogP contribution >= 0.6 is 11.6 Å². The van der Waals surface area contributed by atoms with Crippen molar-refractivity contribution in [2.45, 2.75) is 13.5 Å². The van der Waals surface area contributed by atoms with Crippen LogP contribution in [0.1, 0.15) is 12.5 Å². The molecule has 0 bridgehead atoms. The number of nitrogens with two attached hydrogens (primary N) is 1. The average Bonchev–Trinajstić information content (AvgIpc) is 2.44. The number of benzene rings is 1. The van der Waals surface area contributed by atoms with Crippen molar-refractivity contribution in [1.29, 1.82) is 0 Å². The normalized spacial score (nSPS) is 10.3. The molecule has 0 aliphatic rings. The molecule has 2 N–H and O–H groups in total. The quantitative estimate of drug-likeness (QED) is 0.918. The number of hydrogen-bond donors (Lipinski definition) is 1. The molecule has 5 heteroatoms. The van der Waals surface area contributed by atoms with Gasteiger partial charge >= 0.3 is 0 Å². The Hall–Kier alpha value is -1.94. The van der Waals surface area contributed by atoms with Crippen molar-refractivity contribution >= 4 is 23.1 Å². The summed E-state index contributed by atoms with van der Waals surface area (Å²) in [6.07, 6.45) is 0. The van der Waals surface area contributed by atoms with Crippen LogP contribution in [-0.4, -0.2) is 18.6 Å². The van der Waals surface area contributed by atoms with Gasteiger partial charge in [-0.05, 0) is 30.7 Å². The number of nitrogen functional groups attached to an aromatic ring is 1. The second kappa shape index (κ2) is 6.48. The first-order valence-corrected chi connectivity index (χ1v) is 6.83. The van der Waals surface area contributed by atoms with Crippen molar-refractivity contribution in [2.75, 3.05) is 24.3 Å². The van der Waals surface area contributed by atoms with Gasteiger partial charge in [0.15, 0.2) is 0 Å². The van der Waals surface area contributed by atoms with E-state index in [2.05, 4.69) is 4.98 Å². The third kappa shape index (κ3) is 3.33. The lowest BCUT2D eigenvalue weighted by Gasteiger charge is -2.20. The lowest BCUT2D eigenvalue weighted by atomic mass is 10.2. The fourth-order valence-electron chi connectivity index (χ4n) is 1.87. The first-order valence-electron chi connectivity index (χ1n) is 6.45. The molecule has 0 saturated heterocycles. The van der Waals surface area contributed by atoms with E-state index in [4.69, 9.17) is 22.1 Å². The van der Waals surface area contributed by atoms with E-state index < -0.39 is 0 Å². The van der Waals surface area contributed by atoms with Gasteiger partial charge in [0, 0.05) is 18.6 Å². The number of ether oxygens (including phenoxy) is 1. The summed E-state index contributed by atoms with van der Waals surface area (Å²) in [7, 11) is 1.96. The molecule has 1 aromatic heterocycles. The minimum absolute atomic E-state index is 0.469. The van der Waals surface area contributed by atoms with E-state index in [1.54, 1.807) is 6.07 Å². The van der Waals surface area contributed by atoms with Crippen LogP contribution in [0.25, 0.3) is 0 Å². The molecular weight excluding hydrogens is 274 g/mol. The molecule has 106 valence electrons. The Morgan fingerprint density at radius 1 is 1.25 bits per heavy atom. The van der Waals surface area contributed by atoms with Crippen LogP contribution in [0, 0.1) is 0 Å². The van der Waals surface area contributed by atoms with Crippen molar-refractivity contribution in [3.05, 3.63) is 47.0 Å². The first kappa shape index (κ1) is 14.5. The zero-order chi connectivity index (χ0) is 14.5. The van der Waals surface area contributed by atoms with E-state index in [1.165, 1.54) is 0 Å². The van der Waals surface area contributed by atoms with Gasteiger partial charge in [-0.2, -0.15) is 4.98 Å². The zero-order valence-corrected chi connectivity index (χ0v) is 12.4. The molecule has 0 aliphatic heterocycles. The van der Waals surface area contributed by atoms with Gasteiger partial charge in [0.05, 0.1) is 12.3 Å². The number of pyridine rings is 1. The zero-order valence-electron chi connectivity index (χ0n) is 11.6. The lowest BCUT2D eigenvalue weighted by Crippen LogP contribution is -2.18. The van der Waals surface area contributed by atoms with Gasteiger partial charge in [0.1, 0.15) is 5.82 Å². The van der Waals surface area contributed by atoms with Crippen LogP contribution in [0.15, 0.2) is 36.4 Å². The molecular formula is C15H18ClN3O. The largest absolute Gasteiger partial charge is 0.476 e. The summed E-state index contributed by atoms with van der Waals surface area (Å²) < 4.78 is 5.41. The summed E-state index contributed by atoms with van der Waals surface area (Å²) in [4.78, 5) is 6.43. The molecule has 0 amide bonds. The molecule has 0 atom stereocenters. The predicted octanol–water partition coefficient (Wildman–Crippen LogP) is 3.35. The van der Waals surface area contributed by atoms with Gasteiger partial charge in [-0.3, -0.25) is 0 Å². The first-order chi connectivity index (χ1) is 9.61. The Morgan fingerprint density at radius 2 is 2.00 bits per heavy atom. The van der Waals surface area contributed by atoms with Gasteiger partial charge in [0.2, 0.25) is 5.88 Å².